The minimum absolute atomic E-state index is 0.0505. The van der Waals surface area contributed by atoms with Gasteiger partial charge in [0.1, 0.15) is 6.04 Å². The molecule has 0 saturated carbocycles. The molecule has 1 aromatic rings. The molecule has 0 aromatic heterocycles. The quantitative estimate of drug-likeness (QED) is 0.638. The zero-order valence-corrected chi connectivity index (χ0v) is 11.7. The minimum atomic E-state index is -0.658. The molecule has 5 heteroatoms. The zero-order chi connectivity index (χ0) is 14.6. The summed E-state index contributed by atoms with van der Waals surface area (Å²) in [6, 6.07) is 4.37. The number of nitrogens with one attached hydrogen (secondary N) is 1. The normalized spacial score (nSPS) is 12.1. The van der Waals surface area contributed by atoms with Gasteiger partial charge in [0.2, 0.25) is 0 Å². The standard InChI is InChI=1S/C14H20N2O3/c1-8(2)12(14(18)19-4)16-13(17)11-6-5-10(15)7-9(11)3/h5-8,12H,15H2,1-4H3,(H,16,17). The van der Waals surface area contributed by atoms with Crippen molar-refractivity contribution in [3.63, 3.8) is 0 Å². The SMILES string of the molecule is COC(=O)C(NC(=O)c1ccc(N)cc1C)C(C)C. The van der Waals surface area contributed by atoms with Gasteiger partial charge in [-0.15, -0.1) is 0 Å². The van der Waals surface area contributed by atoms with Crippen molar-refractivity contribution in [3.8, 4) is 0 Å². The topological polar surface area (TPSA) is 81.4 Å². The van der Waals surface area contributed by atoms with E-state index in [9.17, 15) is 9.59 Å². The van der Waals surface area contributed by atoms with E-state index in [1.54, 1.807) is 25.1 Å². The maximum absolute atomic E-state index is 12.2. The number of anilines is 1. The van der Waals surface area contributed by atoms with E-state index in [0.29, 0.717) is 11.3 Å². The summed E-state index contributed by atoms with van der Waals surface area (Å²) in [5, 5.41) is 2.69. The van der Waals surface area contributed by atoms with Gasteiger partial charge in [-0.3, -0.25) is 4.79 Å². The Labute approximate surface area is 113 Å². The van der Waals surface area contributed by atoms with Crippen LogP contribution in [0.3, 0.4) is 0 Å². The Bertz CT molecular complexity index is 484. The molecular weight excluding hydrogens is 244 g/mol. The molecule has 0 spiro atoms. The summed E-state index contributed by atoms with van der Waals surface area (Å²) in [5.74, 6) is -0.802. The van der Waals surface area contributed by atoms with Crippen LogP contribution in [-0.2, 0) is 9.53 Å². The van der Waals surface area contributed by atoms with E-state index >= 15 is 0 Å². The van der Waals surface area contributed by atoms with Gasteiger partial charge in [0.15, 0.2) is 0 Å². The number of carbonyl (C=O) groups excluding carboxylic acids is 2. The number of rotatable bonds is 4. The molecule has 0 aliphatic heterocycles. The van der Waals surface area contributed by atoms with Gasteiger partial charge in [-0.25, -0.2) is 4.79 Å². The first-order valence-electron chi connectivity index (χ1n) is 6.11. The molecule has 0 aliphatic carbocycles. The van der Waals surface area contributed by atoms with Crippen LogP contribution < -0.4 is 11.1 Å². The minimum Gasteiger partial charge on any atom is -0.467 e. The van der Waals surface area contributed by atoms with E-state index in [4.69, 9.17) is 5.73 Å². The van der Waals surface area contributed by atoms with E-state index in [0.717, 1.165) is 5.56 Å². The maximum Gasteiger partial charge on any atom is 0.328 e. The summed E-state index contributed by atoms with van der Waals surface area (Å²) in [6.07, 6.45) is 0. The molecule has 104 valence electrons. The fraction of sp³-hybridized carbons (Fsp3) is 0.429. The highest BCUT2D eigenvalue weighted by atomic mass is 16.5. The second-order valence-corrected chi connectivity index (χ2v) is 4.79. The third-order valence-corrected chi connectivity index (χ3v) is 2.90. The summed E-state index contributed by atoms with van der Waals surface area (Å²) in [5.41, 5.74) is 7.51. The molecule has 0 saturated heterocycles. The van der Waals surface area contributed by atoms with Crippen molar-refractivity contribution < 1.29 is 14.3 Å². The number of methoxy groups -OCH3 is 1. The number of aryl methyl sites for hydroxylation is 1. The summed E-state index contributed by atoms with van der Waals surface area (Å²) in [6.45, 7) is 5.49. The summed E-state index contributed by atoms with van der Waals surface area (Å²) in [4.78, 5) is 23.8. The molecule has 1 amide bonds. The number of nitrogens with two attached hydrogens (primary N) is 1. The molecule has 19 heavy (non-hydrogen) atoms. The van der Waals surface area contributed by atoms with Gasteiger partial charge >= 0.3 is 5.97 Å². The van der Waals surface area contributed by atoms with Crippen LogP contribution in [0.4, 0.5) is 5.69 Å². The maximum atomic E-state index is 12.2. The van der Waals surface area contributed by atoms with Crippen LogP contribution in [0.2, 0.25) is 0 Å². The van der Waals surface area contributed by atoms with Crippen molar-refractivity contribution in [2.45, 2.75) is 26.8 Å². The molecule has 1 atom stereocenters. The molecule has 0 heterocycles. The molecular formula is C14H20N2O3. The molecule has 0 radical (unpaired) electrons. The van der Waals surface area contributed by atoms with Gasteiger partial charge in [-0.05, 0) is 36.6 Å². The number of nitrogen functional groups attached to an aromatic ring is 1. The van der Waals surface area contributed by atoms with Gasteiger partial charge in [0.05, 0.1) is 7.11 Å². The van der Waals surface area contributed by atoms with E-state index in [1.807, 2.05) is 13.8 Å². The Balaban J connectivity index is 2.91. The smallest absolute Gasteiger partial charge is 0.328 e. The predicted octanol–water partition coefficient (Wildman–Crippen LogP) is 1.50. The van der Waals surface area contributed by atoms with Crippen molar-refractivity contribution in [3.05, 3.63) is 29.3 Å². The van der Waals surface area contributed by atoms with Crippen molar-refractivity contribution >= 4 is 17.6 Å². The first-order chi connectivity index (χ1) is 8.86. The fourth-order valence-electron chi connectivity index (χ4n) is 1.79. The number of hydrogen-bond donors (Lipinski definition) is 2. The van der Waals surface area contributed by atoms with E-state index in [2.05, 4.69) is 10.1 Å². The Morgan fingerprint density at radius 2 is 1.95 bits per heavy atom. The van der Waals surface area contributed by atoms with E-state index in [1.165, 1.54) is 7.11 Å². The average Bonchev–Trinajstić information content (AvgIpc) is 2.34. The van der Waals surface area contributed by atoms with Gasteiger partial charge in [0, 0.05) is 11.3 Å². The second-order valence-electron chi connectivity index (χ2n) is 4.79. The highest BCUT2D eigenvalue weighted by Crippen LogP contribution is 2.13. The first-order valence-corrected chi connectivity index (χ1v) is 6.11. The lowest BCUT2D eigenvalue weighted by atomic mass is 10.0. The molecule has 0 aliphatic rings. The summed E-state index contributed by atoms with van der Waals surface area (Å²) in [7, 11) is 1.30. The Hall–Kier alpha value is -2.04. The molecule has 5 nitrogen and oxygen atoms in total. The fourth-order valence-corrected chi connectivity index (χ4v) is 1.79. The number of amides is 1. The van der Waals surface area contributed by atoms with Gasteiger partial charge in [0.25, 0.3) is 5.91 Å². The van der Waals surface area contributed by atoms with Crippen LogP contribution in [0, 0.1) is 12.8 Å². The van der Waals surface area contributed by atoms with Crippen molar-refractivity contribution in [1.29, 1.82) is 0 Å². The number of carbonyl (C=O) groups is 2. The van der Waals surface area contributed by atoms with Gasteiger partial charge in [-0.1, -0.05) is 13.8 Å². The molecule has 1 rings (SSSR count). The number of hydrogen-bond acceptors (Lipinski definition) is 4. The highest BCUT2D eigenvalue weighted by Gasteiger charge is 2.25. The number of benzene rings is 1. The Morgan fingerprint density at radius 3 is 2.42 bits per heavy atom. The van der Waals surface area contributed by atoms with E-state index in [-0.39, 0.29) is 11.8 Å². The monoisotopic (exact) mass is 264 g/mol. The lowest BCUT2D eigenvalue weighted by Crippen LogP contribution is -2.45. The van der Waals surface area contributed by atoms with Crippen LogP contribution in [0.25, 0.3) is 0 Å². The van der Waals surface area contributed by atoms with Crippen molar-refractivity contribution in [2.24, 2.45) is 5.92 Å². The van der Waals surface area contributed by atoms with Gasteiger partial charge in [-0.2, -0.15) is 0 Å². The lowest BCUT2D eigenvalue weighted by Gasteiger charge is -2.20. The average molecular weight is 264 g/mol. The third kappa shape index (κ3) is 3.71. The molecule has 3 N–H and O–H groups in total. The predicted molar refractivity (Wildman–Crippen MR) is 73.7 cm³/mol. The largest absolute Gasteiger partial charge is 0.467 e. The van der Waals surface area contributed by atoms with Crippen molar-refractivity contribution in [2.75, 3.05) is 12.8 Å². The van der Waals surface area contributed by atoms with Crippen LogP contribution in [-0.4, -0.2) is 25.0 Å². The summed E-state index contributed by atoms with van der Waals surface area (Å²) < 4.78 is 4.69. The van der Waals surface area contributed by atoms with Crippen molar-refractivity contribution in [1.82, 2.24) is 5.32 Å². The van der Waals surface area contributed by atoms with Gasteiger partial charge < -0.3 is 15.8 Å². The number of esters is 1. The first kappa shape index (κ1) is 15.0. The zero-order valence-electron chi connectivity index (χ0n) is 11.7. The molecule has 1 unspecified atom stereocenters. The van der Waals surface area contributed by atoms with Crippen LogP contribution in [0.5, 0.6) is 0 Å². The van der Waals surface area contributed by atoms with Crippen LogP contribution in [0.15, 0.2) is 18.2 Å². The highest BCUT2D eigenvalue weighted by molar-refractivity contribution is 5.98. The molecule has 1 aromatic carbocycles. The summed E-state index contributed by atoms with van der Waals surface area (Å²) >= 11 is 0. The van der Waals surface area contributed by atoms with E-state index < -0.39 is 12.0 Å². The molecule has 0 fully saturated rings. The lowest BCUT2D eigenvalue weighted by molar-refractivity contribution is -0.144. The Morgan fingerprint density at radius 1 is 1.32 bits per heavy atom. The third-order valence-electron chi connectivity index (χ3n) is 2.90. The number of ether oxygens (including phenoxy) is 1. The Kier molecular flexibility index (Phi) is 4.92. The second kappa shape index (κ2) is 6.22. The van der Waals surface area contributed by atoms with Crippen LogP contribution >= 0.6 is 0 Å². The van der Waals surface area contributed by atoms with Crippen LogP contribution in [0.1, 0.15) is 29.8 Å². The molecule has 0 bridgehead atoms.